The van der Waals surface area contributed by atoms with Crippen molar-refractivity contribution in [2.75, 3.05) is 19.6 Å². The number of fused-ring (bicyclic) bond motifs is 1. The summed E-state index contributed by atoms with van der Waals surface area (Å²) in [7, 11) is 0. The molecule has 2 aliphatic rings. The molecule has 0 radical (unpaired) electrons. The first-order valence-electron chi connectivity index (χ1n) is 5.58. The molecule has 84 valence electrons. The fourth-order valence-electron chi connectivity index (χ4n) is 2.31. The van der Waals surface area contributed by atoms with Gasteiger partial charge in [-0.3, -0.25) is 9.89 Å². The van der Waals surface area contributed by atoms with E-state index in [1.165, 1.54) is 11.1 Å². The Bertz CT molecular complexity index is 442. The number of nitrogens with one attached hydrogen (secondary N) is 1. The van der Waals surface area contributed by atoms with Crippen molar-refractivity contribution in [1.29, 1.82) is 0 Å². The van der Waals surface area contributed by atoms with Crippen LogP contribution in [0.5, 0.6) is 0 Å². The van der Waals surface area contributed by atoms with Gasteiger partial charge in [-0.25, -0.2) is 0 Å². The molecule has 1 aromatic rings. The summed E-state index contributed by atoms with van der Waals surface area (Å²) in [5.74, 6) is 1.12. The number of hydrogen-bond acceptors (Lipinski definition) is 3. The molecule has 2 heterocycles. The van der Waals surface area contributed by atoms with Gasteiger partial charge in [0.05, 0.1) is 13.1 Å². The maximum Gasteiger partial charge on any atom is 0.111 e. The average molecular weight is 236 g/mol. The van der Waals surface area contributed by atoms with Gasteiger partial charge < -0.3 is 5.32 Å². The largest absolute Gasteiger partial charge is 0.371 e. The molecule has 4 heteroatoms. The van der Waals surface area contributed by atoms with Crippen LogP contribution in [-0.4, -0.2) is 30.4 Å². The number of aliphatic imine (C=N–C) groups is 1. The minimum absolute atomic E-state index is 0.830. The molecule has 0 saturated heterocycles. The van der Waals surface area contributed by atoms with E-state index in [2.05, 4.69) is 27.3 Å². The summed E-state index contributed by atoms with van der Waals surface area (Å²) >= 11 is 5.99. The average Bonchev–Trinajstić information content (AvgIpc) is 2.86. The zero-order chi connectivity index (χ0) is 11.0. The highest BCUT2D eigenvalue weighted by molar-refractivity contribution is 6.30. The predicted molar refractivity (Wildman–Crippen MR) is 65.9 cm³/mol. The molecule has 1 N–H and O–H groups in total. The maximum absolute atomic E-state index is 5.99. The Morgan fingerprint density at radius 1 is 1.31 bits per heavy atom. The normalized spacial score (nSPS) is 19.4. The Morgan fingerprint density at radius 3 is 3.00 bits per heavy atom. The fourth-order valence-corrected chi connectivity index (χ4v) is 2.50. The van der Waals surface area contributed by atoms with Gasteiger partial charge in [0.1, 0.15) is 5.84 Å². The van der Waals surface area contributed by atoms with Gasteiger partial charge in [0.25, 0.3) is 0 Å². The van der Waals surface area contributed by atoms with Crippen LogP contribution >= 0.6 is 11.6 Å². The topological polar surface area (TPSA) is 27.6 Å². The van der Waals surface area contributed by atoms with Gasteiger partial charge in [-0.15, -0.1) is 0 Å². The summed E-state index contributed by atoms with van der Waals surface area (Å²) < 4.78 is 0. The van der Waals surface area contributed by atoms with Crippen molar-refractivity contribution >= 4 is 17.4 Å². The summed E-state index contributed by atoms with van der Waals surface area (Å²) in [4.78, 5) is 6.80. The van der Waals surface area contributed by atoms with Crippen molar-refractivity contribution in [3.63, 3.8) is 0 Å². The summed E-state index contributed by atoms with van der Waals surface area (Å²) in [6.07, 6.45) is 0. The molecule has 0 aromatic heterocycles. The van der Waals surface area contributed by atoms with E-state index in [0.29, 0.717) is 0 Å². The van der Waals surface area contributed by atoms with Crippen molar-refractivity contribution < 1.29 is 0 Å². The number of benzene rings is 1. The van der Waals surface area contributed by atoms with E-state index in [1.54, 1.807) is 0 Å². The molecule has 3 rings (SSSR count). The zero-order valence-corrected chi connectivity index (χ0v) is 9.80. The van der Waals surface area contributed by atoms with E-state index in [-0.39, 0.29) is 0 Å². The Morgan fingerprint density at radius 2 is 2.19 bits per heavy atom. The molecule has 0 amide bonds. The van der Waals surface area contributed by atoms with Gasteiger partial charge >= 0.3 is 0 Å². The quantitative estimate of drug-likeness (QED) is 0.844. The van der Waals surface area contributed by atoms with Crippen LogP contribution in [0.2, 0.25) is 5.02 Å². The first-order chi connectivity index (χ1) is 7.81. The summed E-state index contributed by atoms with van der Waals surface area (Å²) in [6, 6.07) is 6.16. The summed E-state index contributed by atoms with van der Waals surface area (Å²) in [5.41, 5.74) is 2.74. The number of rotatable bonds is 2. The van der Waals surface area contributed by atoms with Gasteiger partial charge in [-0.05, 0) is 23.3 Å². The first-order valence-corrected chi connectivity index (χ1v) is 5.96. The lowest BCUT2D eigenvalue weighted by Gasteiger charge is -2.14. The molecule has 2 aliphatic heterocycles. The summed E-state index contributed by atoms with van der Waals surface area (Å²) in [6.45, 7) is 4.82. The van der Waals surface area contributed by atoms with Gasteiger partial charge in [-0.1, -0.05) is 17.7 Å². The first kappa shape index (κ1) is 10.1. The van der Waals surface area contributed by atoms with Gasteiger partial charge in [0.15, 0.2) is 0 Å². The third-order valence-electron chi connectivity index (χ3n) is 3.07. The van der Waals surface area contributed by atoms with Gasteiger partial charge in [0.2, 0.25) is 0 Å². The number of halogens is 1. The van der Waals surface area contributed by atoms with E-state index < -0.39 is 0 Å². The highest BCUT2D eigenvalue weighted by atomic mass is 35.5. The Labute approximate surface area is 100 Å². The highest BCUT2D eigenvalue weighted by Gasteiger charge is 2.20. The van der Waals surface area contributed by atoms with Crippen LogP contribution < -0.4 is 5.32 Å². The lowest BCUT2D eigenvalue weighted by Crippen LogP contribution is -2.31. The monoisotopic (exact) mass is 235 g/mol. The van der Waals surface area contributed by atoms with Crippen molar-refractivity contribution in [2.45, 2.75) is 13.1 Å². The molecule has 1 aromatic carbocycles. The van der Waals surface area contributed by atoms with E-state index in [1.807, 2.05) is 6.07 Å². The molecular formula is C12H14ClN3. The van der Waals surface area contributed by atoms with E-state index in [0.717, 1.165) is 43.6 Å². The Hall–Kier alpha value is -1.06. The second-order valence-corrected chi connectivity index (χ2v) is 4.75. The minimum atomic E-state index is 0.830. The Balaban J connectivity index is 1.70. The van der Waals surface area contributed by atoms with Crippen molar-refractivity contribution in [2.24, 2.45) is 4.99 Å². The van der Waals surface area contributed by atoms with Crippen LogP contribution in [0.25, 0.3) is 0 Å². The Kier molecular flexibility index (Phi) is 2.58. The number of amidine groups is 1. The molecule has 0 spiro atoms. The van der Waals surface area contributed by atoms with Crippen molar-refractivity contribution in [3.05, 3.63) is 34.3 Å². The van der Waals surface area contributed by atoms with Crippen LogP contribution in [0, 0.1) is 0 Å². The second-order valence-electron chi connectivity index (χ2n) is 4.31. The van der Waals surface area contributed by atoms with Crippen LogP contribution in [0.3, 0.4) is 0 Å². The predicted octanol–water partition coefficient (Wildman–Crippen LogP) is 1.66. The van der Waals surface area contributed by atoms with E-state index in [4.69, 9.17) is 11.6 Å². The maximum atomic E-state index is 5.99. The second kappa shape index (κ2) is 4.07. The van der Waals surface area contributed by atoms with Gasteiger partial charge in [0, 0.05) is 24.7 Å². The lowest BCUT2D eigenvalue weighted by molar-refractivity contribution is 0.324. The SMILES string of the molecule is Clc1ccc2c(c1)CN(CC1=NCCN1)C2. The minimum Gasteiger partial charge on any atom is -0.371 e. The highest BCUT2D eigenvalue weighted by Crippen LogP contribution is 2.25. The number of nitrogens with zero attached hydrogens (tertiary/aromatic N) is 2. The van der Waals surface area contributed by atoms with Crippen molar-refractivity contribution in [1.82, 2.24) is 10.2 Å². The zero-order valence-electron chi connectivity index (χ0n) is 9.04. The molecule has 0 saturated carbocycles. The van der Waals surface area contributed by atoms with Crippen LogP contribution in [0.15, 0.2) is 23.2 Å². The molecular weight excluding hydrogens is 222 g/mol. The van der Waals surface area contributed by atoms with Crippen LogP contribution in [0.4, 0.5) is 0 Å². The molecule has 0 bridgehead atoms. The molecule has 0 fully saturated rings. The molecule has 0 unspecified atom stereocenters. The molecule has 3 nitrogen and oxygen atoms in total. The lowest BCUT2D eigenvalue weighted by atomic mass is 10.1. The summed E-state index contributed by atoms with van der Waals surface area (Å²) in [5, 5.41) is 4.13. The smallest absolute Gasteiger partial charge is 0.111 e. The fraction of sp³-hybridized carbons (Fsp3) is 0.417. The number of hydrogen-bond donors (Lipinski definition) is 1. The molecule has 0 atom stereocenters. The van der Waals surface area contributed by atoms with E-state index in [9.17, 15) is 0 Å². The van der Waals surface area contributed by atoms with Gasteiger partial charge in [-0.2, -0.15) is 0 Å². The van der Waals surface area contributed by atoms with Crippen LogP contribution in [-0.2, 0) is 13.1 Å². The van der Waals surface area contributed by atoms with Crippen molar-refractivity contribution in [3.8, 4) is 0 Å². The third-order valence-corrected chi connectivity index (χ3v) is 3.31. The molecule has 0 aliphatic carbocycles. The standard InChI is InChI=1S/C12H14ClN3/c13-11-2-1-9-6-16(7-10(9)5-11)8-12-14-3-4-15-12/h1-2,5H,3-4,6-8H2,(H,14,15). The molecule has 16 heavy (non-hydrogen) atoms. The van der Waals surface area contributed by atoms with E-state index >= 15 is 0 Å². The third kappa shape index (κ3) is 1.93. The van der Waals surface area contributed by atoms with Crippen LogP contribution in [0.1, 0.15) is 11.1 Å².